The number of hydrogen-bond donors (Lipinski definition) is 3. The van der Waals surface area contributed by atoms with Crippen molar-refractivity contribution in [3.63, 3.8) is 0 Å². The Kier molecular flexibility index (Phi) is 14.4. The van der Waals surface area contributed by atoms with Gasteiger partial charge in [0, 0.05) is 84.6 Å². The molecule has 3 atom stereocenters. The summed E-state index contributed by atoms with van der Waals surface area (Å²) in [6, 6.07) is 29.8. The zero-order valence-corrected chi connectivity index (χ0v) is 40.3. The molecule has 0 spiro atoms. The summed E-state index contributed by atoms with van der Waals surface area (Å²) in [6.07, 6.45) is 2.53. The largest absolute Gasteiger partial charge is 0.493 e. The Morgan fingerprint density at radius 2 is 1.43 bits per heavy atom. The van der Waals surface area contributed by atoms with Crippen LogP contribution in [0.3, 0.4) is 0 Å². The van der Waals surface area contributed by atoms with Gasteiger partial charge in [-0.15, -0.1) is 0 Å². The number of aliphatic hydroxyl groups excluding tert-OH is 1. The van der Waals surface area contributed by atoms with Crippen LogP contribution in [-0.2, 0) is 40.3 Å². The van der Waals surface area contributed by atoms with Crippen LogP contribution in [0, 0.1) is 0 Å². The molecule has 5 aromatic rings. The summed E-state index contributed by atoms with van der Waals surface area (Å²) >= 11 is 4.95. The highest BCUT2D eigenvalue weighted by molar-refractivity contribution is 7.81. The van der Waals surface area contributed by atoms with Crippen LogP contribution >= 0.6 is 12.6 Å². The molecule has 15 heteroatoms. The molecule has 9 rings (SSSR count). The first kappa shape index (κ1) is 47.1. The molecule has 68 heavy (non-hydrogen) atoms. The number of fused-ring (bicyclic) bond motifs is 8. The van der Waals surface area contributed by atoms with Crippen LogP contribution in [0.4, 0.5) is 28.4 Å². The molecule has 0 saturated carbocycles. The highest BCUT2D eigenvalue weighted by Gasteiger charge is 2.39. The summed E-state index contributed by atoms with van der Waals surface area (Å²) in [5, 5.41) is 15.4. The molecule has 0 aromatic heterocycles. The number of benzene rings is 5. The van der Waals surface area contributed by atoms with Crippen molar-refractivity contribution in [1.82, 2.24) is 0 Å². The molecule has 0 radical (unpaired) electrons. The number of amides is 1. The number of aliphatic imine (C=N–C) groups is 1. The van der Waals surface area contributed by atoms with Crippen LogP contribution in [0.1, 0.15) is 58.3 Å². The highest BCUT2D eigenvalue weighted by Crippen LogP contribution is 2.45. The van der Waals surface area contributed by atoms with E-state index in [1.807, 2.05) is 53.6 Å². The van der Waals surface area contributed by atoms with Gasteiger partial charge in [-0.1, -0.05) is 36.4 Å². The lowest BCUT2D eigenvalue weighted by atomic mass is 10.1. The van der Waals surface area contributed by atoms with Crippen LogP contribution in [0.2, 0.25) is 0 Å². The third-order valence-corrected chi connectivity index (χ3v) is 12.9. The van der Waals surface area contributed by atoms with Crippen LogP contribution in [0.15, 0.2) is 96.0 Å². The summed E-state index contributed by atoms with van der Waals surface area (Å²) in [6.45, 7) is 8.87. The minimum absolute atomic E-state index is 0.0928. The third-order valence-electron chi connectivity index (χ3n) is 12.7. The standard InChI is InChI=1S/C53H61N5O9S/c1-53(2,68)33-56(14-15-64-18-19-65-17-16-61-3)38-21-34(31-66-49-27-43-41(25-47(49)62-4)51(59)57-39(29-54-43)23-36-10-6-8-12-45(36)57)20-35(22-38)32-67-50-28-44-42(26-48(50)63-5)52(60)58-40(30-55-44)24-37-11-7-9-13-46(37)58/h6-13,20-22,25-29,39-40,52,55,60,68H,14-19,23-24,30-33H2,1-5H3/t39-,40-,52?/m0/s1. The lowest BCUT2D eigenvalue weighted by molar-refractivity contribution is 0.0264. The Hall–Kier alpha value is -5.97. The zero-order chi connectivity index (χ0) is 47.4. The molecular formula is C53H61N5O9S. The zero-order valence-electron chi connectivity index (χ0n) is 39.4. The molecule has 14 nitrogen and oxygen atoms in total. The molecule has 2 N–H and O–H groups in total. The molecule has 0 saturated heterocycles. The van der Waals surface area contributed by atoms with Crippen molar-refractivity contribution < 1.29 is 43.1 Å². The number of para-hydroxylation sites is 2. The maximum Gasteiger partial charge on any atom is 0.261 e. The number of methoxy groups -OCH3 is 3. The van der Waals surface area contributed by atoms with Gasteiger partial charge in [0.1, 0.15) is 13.2 Å². The van der Waals surface area contributed by atoms with E-state index in [9.17, 15) is 9.90 Å². The van der Waals surface area contributed by atoms with Crippen molar-refractivity contribution in [3.8, 4) is 23.0 Å². The highest BCUT2D eigenvalue weighted by atomic mass is 32.1. The van der Waals surface area contributed by atoms with Gasteiger partial charge in [-0.05, 0) is 85.0 Å². The first-order valence-corrected chi connectivity index (χ1v) is 23.6. The average Bonchev–Trinajstić information content (AvgIpc) is 3.83. The number of rotatable bonds is 20. The fourth-order valence-corrected chi connectivity index (χ4v) is 9.76. The van der Waals surface area contributed by atoms with Gasteiger partial charge < -0.3 is 53.4 Å². The predicted octanol–water partition coefficient (Wildman–Crippen LogP) is 8.19. The fraction of sp³-hybridized carbons (Fsp3) is 0.396. The second-order valence-electron chi connectivity index (χ2n) is 18.1. The monoisotopic (exact) mass is 943 g/mol. The smallest absolute Gasteiger partial charge is 0.261 e. The third kappa shape index (κ3) is 10.2. The normalized spacial score (nSPS) is 17.8. The van der Waals surface area contributed by atoms with Crippen LogP contribution in [0.25, 0.3) is 0 Å². The number of ether oxygens (including phenoxy) is 7. The quantitative estimate of drug-likeness (QED) is 0.0513. The molecule has 4 aliphatic rings. The van der Waals surface area contributed by atoms with E-state index >= 15 is 0 Å². The first-order chi connectivity index (χ1) is 33.0. The van der Waals surface area contributed by atoms with Gasteiger partial charge in [-0.2, -0.15) is 12.6 Å². The van der Waals surface area contributed by atoms with Crippen molar-refractivity contribution in [2.45, 2.75) is 63.0 Å². The fourth-order valence-electron chi connectivity index (χ4n) is 9.59. The number of thiol groups is 1. The van der Waals surface area contributed by atoms with Crippen molar-refractivity contribution in [2.75, 3.05) is 94.0 Å². The summed E-state index contributed by atoms with van der Waals surface area (Å²) in [7, 11) is 4.84. The molecule has 1 unspecified atom stereocenters. The van der Waals surface area contributed by atoms with E-state index in [2.05, 4.69) is 65.4 Å². The Labute approximate surface area is 404 Å². The van der Waals surface area contributed by atoms with Crippen molar-refractivity contribution in [2.24, 2.45) is 4.99 Å². The van der Waals surface area contributed by atoms with E-state index in [-0.39, 0.29) is 36.0 Å². The van der Waals surface area contributed by atoms with Crippen molar-refractivity contribution in [1.29, 1.82) is 0 Å². The van der Waals surface area contributed by atoms with E-state index in [1.54, 1.807) is 33.5 Å². The summed E-state index contributed by atoms with van der Waals surface area (Å²) in [5.74, 6) is 1.81. The number of aliphatic hydroxyl groups is 1. The van der Waals surface area contributed by atoms with Gasteiger partial charge in [0.2, 0.25) is 0 Å². The van der Waals surface area contributed by atoms with Gasteiger partial charge >= 0.3 is 0 Å². The van der Waals surface area contributed by atoms with Gasteiger partial charge in [0.25, 0.3) is 5.91 Å². The van der Waals surface area contributed by atoms with Crippen LogP contribution in [0.5, 0.6) is 23.0 Å². The molecule has 0 aliphatic carbocycles. The Morgan fingerprint density at radius 3 is 2.13 bits per heavy atom. The summed E-state index contributed by atoms with van der Waals surface area (Å²) in [4.78, 5) is 25.1. The van der Waals surface area contributed by atoms with Gasteiger partial charge in [-0.25, -0.2) is 0 Å². The lowest BCUT2D eigenvalue weighted by Gasteiger charge is -2.32. The average molecular weight is 944 g/mol. The summed E-state index contributed by atoms with van der Waals surface area (Å²) in [5.41, 5.74) is 9.48. The molecule has 5 aromatic carbocycles. The SMILES string of the molecule is COCCOCCOCCN(CC(C)(C)S)c1cc(COc2cc3c(cc2OC)C(=O)N2c4ccccc4C[C@H]2C=N3)cc(COc2cc3c(cc2OC)C(O)N2c4ccccc4C[C@H]2CN3)c1. The molecule has 4 heterocycles. The molecule has 4 aliphatic heterocycles. The van der Waals surface area contributed by atoms with Gasteiger partial charge in [0.15, 0.2) is 29.2 Å². The predicted molar refractivity (Wildman–Crippen MR) is 269 cm³/mol. The van der Waals surface area contributed by atoms with Crippen molar-refractivity contribution in [3.05, 3.63) is 124 Å². The van der Waals surface area contributed by atoms with Crippen LogP contribution < -0.4 is 39.0 Å². The van der Waals surface area contributed by atoms with E-state index < -0.39 is 6.23 Å². The molecular weight excluding hydrogens is 883 g/mol. The van der Waals surface area contributed by atoms with Gasteiger partial charge in [-0.3, -0.25) is 14.7 Å². The summed E-state index contributed by atoms with van der Waals surface area (Å²) < 4.78 is 41.4. The molecule has 0 fully saturated rings. The second-order valence-corrected chi connectivity index (χ2v) is 19.4. The first-order valence-electron chi connectivity index (χ1n) is 23.2. The molecule has 358 valence electrons. The van der Waals surface area contributed by atoms with E-state index in [1.165, 1.54) is 5.56 Å². The maximum absolute atomic E-state index is 14.1. The molecule has 1 amide bonds. The number of anilines is 4. The van der Waals surface area contributed by atoms with E-state index in [0.717, 1.165) is 51.4 Å². The number of nitrogens with zero attached hydrogens (tertiary/aromatic N) is 4. The second kappa shape index (κ2) is 20.7. The lowest BCUT2D eigenvalue weighted by Crippen LogP contribution is -2.37. The topological polar surface area (TPSA) is 136 Å². The number of hydrogen-bond acceptors (Lipinski definition) is 14. The maximum atomic E-state index is 14.1. The minimum atomic E-state index is -0.870. The van der Waals surface area contributed by atoms with E-state index in [4.69, 9.17) is 50.8 Å². The van der Waals surface area contributed by atoms with Gasteiger partial charge in [0.05, 0.1) is 70.6 Å². The minimum Gasteiger partial charge on any atom is -0.493 e. The molecule has 0 bridgehead atoms. The number of nitrogens with one attached hydrogen (secondary N) is 1. The van der Waals surface area contributed by atoms with Crippen LogP contribution in [-0.4, -0.2) is 108 Å². The van der Waals surface area contributed by atoms with Crippen molar-refractivity contribution >= 4 is 53.2 Å². The van der Waals surface area contributed by atoms with E-state index in [0.29, 0.717) is 93.3 Å². The Morgan fingerprint density at radius 1 is 0.779 bits per heavy atom. The Bertz CT molecular complexity index is 2640. The number of carbonyl (C=O) groups excluding carboxylic acids is 1. The number of carbonyl (C=O) groups is 1. The Balaban J connectivity index is 0.985.